The van der Waals surface area contributed by atoms with Gasteiger partial charge >= 0.3 is 0 Å². The summed E-state index contributed by atoms with van der Waals surface area (Å²) in [7, 11) is 0. The van der Waals surface area contributed by atoms with Gasteiger partial charge in [0.15, 0.2) is 0 Å². The highest BCUT2D eigenvalue weighted by atomic mass is 16.2. The van der Waals surface area contributed by atoms with Crippen molar-refractivity contribution in [2.24, 2.45) is 5.92 Å². The maximum atomic E-state index is 12.9. The van der Waals surface area contributed by atoms with E-state index in [1.54, 1.807) is 6.08 Å². The molecule has 6 nitrogen and oxygen atoms in total. The van der Waals surface area contributed by atoms with E-state index in [0.717, 1.165) is 52.0 Å². The Balaban J connectivity index is 1.51. The zero-order valence-electron chi connectivity index (χ0n) is 16.5. The van der Waals surface area contributed by atoms with Crippen molar-refractivity contribution in [3.8, 4) is 0 Å². The largest absolute Gasteiger partial charge is 0.365 e. The second-order valence-electron chi connectivity index (χ2n) is 8.06. The second-order valence-corrected chi connectivity index (χ2v) is 8.06. The Morgan fingerprint density at radius 2 is 1.93 bits per heavy atom. The molecule has 0 aromatic heterocycles. The molecule has 1 aromatic carbocycles. The van der Waals surface area contributed by atoms with E-state index in [1.165, 1.54) is 11.3 Å². The van der Waals surface area contributed by atoms with Gasteiger partial charge in [-0.05, 0) is 30.9 Å². The molecular formula is C22H30N4O2. The summed E-state index contributed by atoms with van der Waals surface area (Å²) in [4.78, 5) is 32.1. The third-order valence-corrected chi connectivity index (χ3v) is 6.28. The zero-order chi connectivity index (χ0) is 19.5. The summed E-state index contributed by atoms with van der Waals surface area (Å²) >= 11 is 0. The molecule has 1 N–H and O–H groups in total. The molecule has 0 aliphatic carbocycles. The van der Waals surface area contributed by atoms with Crippen LogP contribution < -0.4 is 10.2 Å². The lowest BCUT2D eigenvalue weighted by Gasteiger charge is -2.49. The monoisotopic (exact) mass is 382 g/mol. The molecule has 2 amide bonds. The van der Waals surface area contributed by atoms with Gasteiger partial charge in [-0.3, -0.25) is 14.5 Å². The Morgan fingerprint density at radius 1 is 1.14 bits per heavy atom. The van der Waals surface area contributed by atoms with Gasteiger partial charge < -0.3 is 15.1 Å². The summed E-state index contributed by atoms with van der Waals surface area (Å²) < 4.78 is 0. The average Bonchev–Trinajstić information content (AvgIpc) is 3.26. The first kappa shape index (κ1) is 19.0. The van der Waals surface area contributed by atoms with Gasteiger partial charge in [-0.1, -0.05) is 24.3 Å². The maximum Gasteiger partial charge on any atom is 0.236 e. The third kappa shape index (κ3) is 3.78. The molecule has 4 rings (SSSR count). The molecule has 0 bridgehead atoms. The highest BCUT2D eigenvalue weighted by molar-refractivity contribution is 5.82. The minimum absolute atomic E-state index is 0.0807. The van der Waals surface area contributed by atoms with E-state index in [4.69, 9.17) is 0 Å². The highest BCUT2D eigenvalue weighted by Gasteiger charge is 2.41. The van der Waals surface area contributed by atoms with Crippen LogP contribution in [0.25, 0.3) is 0 Å². The van der Waals surface area contributed by atoms with Crippen LogP contribution in [-0.2, 0) is 16.0 Å². The van der Waals surface area contributed by atoms with Gasteiger partial charge in [-0.15, -0.1) is 6.58 Å². The predicted octanol–water partition coefficient (Wildman–Crippen LogP) is 1.27. The van der Waals surface area contributed by atoms with Crippen molar-refractivity contribution in [2.75, 3.05) is 50.7 Å². The number of carbonyl (C=O) groups is 2. The number of likely N-dealkylation sites (tertiary alicyclic amines) is 1. The number of carbonyl (C=O) groups excluding carboxylic acids is 2. The molecule has 0 unspecified atom stereocenters. The van der Waals surface area contributed by atoms with Crippen LogP contribution in [0.3, 0.4) is 0 Å². The first-order chi connectivity index (χ1) is 13.7. The highest BCUT2D eigenvalue weighted by Crippen LogP contribution is 2.35. The van der Waals surface area contributed by atoms with E-state index in [1.807, 2.05) is 11.0 Å². The molecule has 3 aliphatic heterocycles. The lowest BCUT2D eigenvalue weighted by atomic mass is 9.83. The fourth-order valence-electron chi connectivity index (χ4n) is 4.82. The molecule has 0 radical (unpaired) electrons. The lowest BCUT2D eigenvalue weighted by Crippen LogP contribution is -2.62. The molecule has 28 heavy (non-hydrogen) atoms. The van der Waals surface area contributed by atoms with Gasteiger partial charge in [-0.2, -0.15) is 0 Å². The molecule has 1 aromatic rings. The normalized spacial score (nSPS) is 24.4. The Kier molecular flexibility index (Phi) is 5.67. The first-order valence-electron chi connectivity index (χ1n) is 10.4. The molecule has 0 spiro atoms. The van der Waals surface area contributed by atoms with Crippen LogP contribution in [0, 0.1) is 5.92 Å². The topological polar surface area (TPSA) is 55.9 Å². The molecule has 2 saturated heterocycles. The number of hydrogen-bond acceptors (Lipinski definition) is 4. The van der Waals surface area contributed by atoms with Crippen LogP contribution in [0.4, 0.5) is 5.69 Å². The Bertz CT molecular complexity index is 744. The van der Waals surface area contributed by atoms with Crippen LogP contribution in [0.15, 0.2) is 36.9 Å². The number of nitrogens with zero attached hydrogens (tertiary/aromatic N) is 3. The van der Waals surface area contributed by atoms with E-state index >= 15 is 0 Å². The van der Waals surface area contributed by atoms with E-state index in [9.17, 15) is 9.59 Å². The third-order valence-electron chi connectivity index (χ3n) is 6.28. The summed E-state index contributed by atoms with van der Waals surface area (Å²) in [6.45, 7) is 8.89. The number of piperazine rings is 1. The molecule has 3 heterocycles. The van der Waals surface area contributed by atoms with E-state index < -0.39 is 0 Å². The number of anilines is 1. The number of rotatable bonds is 5. The van der Waals surface area contributed by atoms with E-state index in [2.05, 4.69) is 39.9 Å². The zero-order valence-corrected chi connectivity index (χ0v) is 16.5. The average molecular weight is 383 g/mol. The second kappa shape index (κ2) is 8.35. The fourth-order valence-corrected chi connectivity index (χ4v) is 4.82. The number of nitrogens with one attached hydrogen (secondary N) is 1. The summed E-state index contributed by atoms with van der Waals surface area (Å²) in [5.41, 5.74) is 2.48. The fraction of sp³-hybridized carbons (Fsp3) is 0.545. The van der Waals surface area contributed by atoms with Gasteiger partial charge in [0.05, 0.1) is 18.5 Å². The van der Waals surface area contributed by atoms with Crippen LogP contribution >= 0.6 is 0 Å². The maximum absolute atomic E-state index is 12.9. The van der Waals surface area contributed by atoms with Crippen molar-refractivity contribution in [2.45, 2.75) is 25.3 Å². The van der Waals surface area contributed by atoms with Crippen molar-refractivity contribution in [3.05, 3.63) is 42.5 Å². The molecule has 0 saturated carbocycles. The van der Waals surface area contributed by atoms with Crippen molar-refractivity contribution < 1.29 is 9.59 Å². The van der Waals surface area contributed by atoms with E-state index in [-0.39, 0.29) is 23.8 Å². The summed E-state index contributed by atoms with van der Waals surface area (Å²) in [6, 6.07) is 8.49. The summed E-state index contributed by atoms with van der Waals surface area (Å²) in [5, 5.41) is 2.99. The smallest absolute Gasteiger partial charge is 0.236 e. The van der Waals surface area contributed by atoms with Crippen molar-refractivity contribution >= 4 is 17.5 Å². The number of hydrogen-bond donors (Lipinski definition) is 1. The number of fused-ring (bicyclic) bond motifs is 3. The van der Waals surface area contributed by atoms with Gasteiger partial charge in [0.1, 0.15) is 0 Å². The number of benzene rings is 1. The quantitative estimate of drug-likeness (QED) is 0.780. The van der Waals surface area contributed by atoms with Crippen molar-refractivity contribution in [1.82, 2.24) is 15.1 Å². The first-order valence-corrected chi connectivity index (χ1v) is 10.4. The minimum Gasteiger partial charge on any atom is -0.365 e. The van der Waals surface area contributed by atoms with Gasteiger partial charge in [-0.25, -0.2) is 0 Å². The predicted molar refractivity (Wildman–Crippen MR) is 110 cm³/mol. The number of amides is 2. The van der Waals surface area contributed by atoms with Crippen LogP contribution in [-0.4, -0.2) is 73.5 Å². The number of para-hydroxylation sites is 1. The standard InChI is InChI=1S/C22H30N4O2/c1-2-9-23-22(28)18-14-17-7-3-4-8-19(17)26-13-12-24(15-20(18)26)16-21(27)25-10-5-6-11-25/h2-4,7-8,18,20H,1,5-6,9-16H2,(H,23,28)/t18-,20+/m1/s1. The lowest BCUT2D eigenvalue weighted by molar-refractivity contribution is -0.131. The van der Waals surface area contributed by atoms with Crippen molar-refractivity contribution in [1.29, 1.82) is 0 Å². The van der Waals surface area contributed by atoms with Gasteiger partial charge in [0, 0.05) is 45.0 Å². The minimum atomic E-state index is -0.112. The molecular weight excluding hydrogens is 352 g/mol. The van der Waals surface area contributed by atoms with Crippen molar-refractivity contribution in [3.63, 3.8) is 0 Å². The van der Waals surface area contributed by atoms with Gasteiger partial charge in [0.2, 0.25) is 11.8 Å². The molecule has 3 aliphatic rings. The Morgan fingerprint density at radius 3 is 2.71 bits per heavy atom. The summed E-state index contributed by atoms with van der Waals surface area (Å²) in [6.07, 6.45) is 4.69. The Labute approximate surface area is 167 Å². The molecule has 6 heteroatoms. The molecule has 2 fully saturated rings. The van der Waals surface area contributed by atoms with E-state index in [0.29, 0.717) is 13.1 Å². The molecule has 150 valence electrons. The Hall–Kier alpha value is -2.34. The van der Waals surface area contributed by atoms with Crippen LogP contribution in [0.1, 0.15) is 18.4 Å². The SMILES string of the molecule is C=CCNC(=O)[C@@H]1Cc2ccccc2N2CCN(CC(=O)N3CCCC3)C[C@@H]12. The molecule has 2 atom stereocenters. The van der Waals surface area contributed by atoms with Crippen LogP contribution in [0.5, 0.6) is 0 Å². The van der Waals surface area contributed by atoms with Gasteiger partial charge in [0.25, 0.3) is 0 Å². The van der Waals surface area contributed by atoms with Crippen LogP contribution in [0.2, 0.25) is 0 Å². The summed E-state index contributed by atoms with van der Waals surface area (Å²) in [5.74, 6) is 0.200.